The number of thioether (sulfide) groups is 1. The van der Waals surface area contributed by atoms with Gasteiger partial charge in [-0.25, -0.2) is 5.01 Å². The van der Waals surface area contributed by atoms with E-state index in [0.717, 1.165) is 5.17 Å². The maximum atomic E-state index is 5.15. The van der Waals surface area contributed by atoms with Crippen molar-refractivity contribution in [3.05, 3.63) is 36.6 Å². The van der Waals surface area contributed by atoms with E-state index >= 15 is 0 Å². The number of amidine groups is 1. The fraction of sp³-hybridized carbons (Fsp3) is 0.357. The number of furan rings is 1. The third-order valence-corrected chi connectivity index (χ3v) is 2.91. The van der Waals surface area contributed by atoms with Gasteiger partial charge in [0.05, 0.1) is 12.5 Å². The molecule has 1 aliphatic rings. The van der Waals surface area contributed by atoms with Gasteiger partial charge in [-0.15, -0.1) is 0 Å². The molecule has 0 unspecified atom stereocenters. The van der Waals surface area contributed by atoms with Crippen LogP contribution in [-0.4, -0.2) is 41.0 Å². The number of aliphatic imine (C=N–C) groups is 1. The molecule has 7 heteroatoms. The molecule has 0 fully saturated rings. The van der Waals surface area contributed by atoms with Crippen molar-refractivity contribution in [2.45, 2.75) is 20.3 Å². The predicted molar refractivity (Wildman–Crippen MR) is 90.5 cm³/mol. The molecule has 0 bridgehead atoms. The van der Waals surface area contributed by atoms with Crippen LogP contribution >= 0.6 is 11.8 Å². The van der Waals surface area contributed by atoms with Gasteiger partial charge in [-0.2, -0.15) is 15.2 Å². The van der Waals surface area contributed by atoms with Crippen molar-refractivity contribution in [1.29, 1.82) is 0 Å². The minimum absolute atomic E-state index is 0.618. The lowest BCUT2D eigenvalue weighted by Crippen LogP contribution is -2.23. The second-order valence-corrected chi connectivity index (χ2v) is 4.75. The van der Waals surface area contributed by atoms with Crippen LogP contribution in [0.2, 0.25) is 0 Å². The van der Waals surface area contributed by atoms with Crippen molar-refractivity contribution in [2.24, 2.45) is 15.2 Å². The monoisotopic (exact) mass is 307 g/mol. The SMILES string of the molecule is C=C1N(/N=C/c2ccco2)C=NN1C(=NC)SC.CCC. The quantitative estimate of drug-likeness (QED) is 0.620. The lowest BCUT2D eigenvalue weighted by molar-refractivity contribution is 0.454. The fourth-order valence-electron chi connectivity index (χ4n) is 1.34. The van der Waals surface area contributed by atoms with Crippen molar-refractivity contribution in [2.75, 3.05) is 13.3 Å². The van der Waals surface area contributed by atoms with Gasteiger partial charge in [0.25, 0.3) is 0 Å². The van der Waals surface area contributed by atoms with E-state index in [-0.39, 0.29) is 0 Å². The molecule has 1 aromatic rings. The molecule has 0 saturated carbocycles. The van der Waals surface area contributed by atoms with Gasteiger partial charge in [-0.1, -0.05) is 38.6 Å². The van der Waals surface area contributed by atoms with Gasteiger partial charge in [0.15, 0.2) is 11.0 Å². The minimum Gasteiger partial charge on any atom is -0.463 e. The molecule has 0 atom stereocenters. The van der Waals surface area contributed by atoms with E-state index in [1.165, 1.54) is 18.2 Å². The maximum Gasteiger partial charge on any atom is 0.185 e. The Labute approximate surface area is 129 Å². The van der Waals surface area contributed by atoms with Crippen LogP contribution in [0.15, 0.2) is 50.4 Å². The average molecular weight is 307 g/mol. The molecule has 0 radical (unpaired) electrons. The molecule has 0 saturated heterocycles. The van der Waals surface area contributed by atoms with Crippen molar-refractivity contribution in [1.82, 2.24) is 10.0 Å². The lowest BCUT2D eigenvalue weighted by Gasteiger charge is -2.17. The lowest BCUT2D eigenvalue weighted by atomic mass is 10.5. The van der Waals surface area contributed by atoms with Crippen LogP contribution < -0.4 is 0 Å². The van der Waals surface area contributed by atoms with Crippen molar-refractivity contribution < 1.29 is 4.42 Å². The first kappa shape index (κ1) is 17.0. The summed E-state index contributed by atoms with van der Waals surface area (Å²) in [5.74, 6) is 1.29. The molecule has 2 heterocycles. The predicted octanol–water partition coefficient (Wildman–Crippen LogP) is 3.41. The van der Waals surface area contributed by atoms with Crippen LogP contribution in [0.5, 0.6) is 0 Å². The number of hydrogen-bond acceptors (Lipinski definition) is 6. The van der Waals surface area contributed by atoms with Gasteiger partial charge in [0.1, 0.15) is 12.1 Å². The highest BCUT2D eigenvalue weighted by Crippen LogP contribution is 2.19. The van der Waals surface area contributed by atoms with E-state index in [9.17, 15) is 0 Å². The van der Waals surface area contributed by atoms with Gasteiger partial charge in [0.2, 0.25) is 0 Å². The molecular weight excluding hydrogens is 286 g/mol. The Morgan fingerprint density at radius 1 is 1.52 bits per heavy atom. The zero-order valence-electron chi connectivity index (χ0n) is 12.9. The summed E-state index contributed by atoms with van der Waals surface area (Å²) in [5, 5.41) is 12.3. The third-order valence-electron chi connectivity index (χ3n) is 2.19. The molecule has 0 aromatic carbocycles. The molecule has 0 amide bonds. The van der Waals surface area contributed by atoms with Crippen molar-refractivity contribution in [3.63, 3.8) is 0 Å². The second kappa shape index (κ2) is 9.02. The molecule has 0 aliphatic carbocycles. The first-order valence-corrected chi connectivity index (χ1v) is 7.80. The van der Waals surface area contributed by atoms with Crippen LogP contribution in [0.1, 0.15) is 26.0 Å². The van der Waals surface area contributed by atoms with Gasteiger partial charge in [-0.3, -0.25) is 4.99 Å². The Hall–Kier alpha value is -2.02. The molecule has 2 rings (SSSR count). The van der Waals surface area contributed by atoms with Crippen molar-refractivity contribution >= 4 is 29.5 Å². The summed E-state index contributed by atoms with van der Waals surface area (Å²) in [5.41, 5.74) is 0. The first-order chi connectivity index (χ1) is 10.2. The largest absolute Gasteiger partial charge is 0.463 e. The van der Waals surface area contributed by atoms with Crippen LogP contribution in [-0.2, 0) is 0 Å². The fourth-order valence-corrected chi connectivity index (χ4v) is 1.85. The molecule has 21 heavy (non-hydrogen) atoms. The molecular formula is C14H21N5OS. The number of nitrogens with zero attached hydrogens (tertiary/aromatic N) is 5. The van der Waals surface area contributed by atoms with Crippen LogP contribution in [0.4, 0.5) is 0 Å². The van der Waals surface area contributed by atoms with Gasteiger partial charge in [0, 0.05) is 7.05 Å². The number of hydrazone groups is 2. The van der Waals surface area contributed by atoms with Gasteiger partial charge >= 0.3 is 0 Å². The van der Waals surface area contributed by atoms with Crippen LogP contribution in [0, 0.1) is 0 Å². The minimum atomic E-state index is 0.618. The molecule has 0 spiro atoms. The Morgan fingerprint density at radius 2 is 2.24 bits per heavy atom. The summed E-state index contributed by atoms with van der Waals surface area (Å²) in [7, 11) is 1.71. The number of rotatable bonds is 2. The molecule has 1 aliphatic heterocycles. The zero-order chi connectivity index (χ0) is 15.7. The Kier molecular flexibility index (Phi) is 7.31. The summed E-state index contributed by atoms with van der Waals surface area (Å²) in [4.78, 5) is 4.12. The topological polar surface area (TPSA) is 56.7 Å². The summed E-state index contributed by atoms with van der Waals surface area (Å²) in [6.07, 6.45) is 7.95. The van der Waals surface area contributed by atoms with E-state index in [2.05, 4.69) is 35.6 Å². The second-order valence-electron chi connectivity index (χ2n) is 3.98. The van der Waals surface area contributed by atoms with Crippen LogP contribution in [0.25, 0.3) is 0 Å². The normalized spacial score (nSPS) is 14.9. The Balaban J connectivity index is 0.000000677. The van der Waals surface area contributed by atoms with E-state index in [0.29, 0.717) is 11.6 Å². The summed E-state index contributed by atoms with van der Waals surface area (Å²) < 4.78 is 5.15. The highest BCUT2D eigenvalue weighted by Gasteiger charge is 2.22. The molecule has 114 valence electrons. The van der Waals surface area contributed by atoms with Crippen LogP contribution in [0.3, 0.4) is 0 Å². The summed E-state index contributed by atoms with van der Waals surface area (Å²) >= 11 is 1.49. The Bertz CT molecular complexity index is 521. The van der Waals surface area contributed by atoms with E-state index in [4.69, 9.17) is 4.42 Å². The highest BCUT2D eigenvalue weighted by atomic mass is 32.2. The first-order valence-electron chi connectivity index (χ1n) is 6.58. The number of hydrogen-bond donors (Lipinski definition) is 0. The highest BCUT2D eigenvalue weighted by molar-refractivity contribution is 8.13. The van der Waals surface area contributed by atoms with E-state index < -0.39 is 0 Å². The van der Waals surface area contributed by atoms with E-state index in [1.54, 1.807) is 41.9 Å². The average Bonchev–Trinajstić information content (AvgIpc) is 3.10. The molecule has 6 nitrogen and oxygen atoms in total. The van der Waals surface area contributed by atoms with Crippen molar-refractivity contribution in [3.8, 4) is 0 Å². The maximum absolute atomic E-state index is 5.15. The van der Waals surface area contributed by atoms with Gasteiger partial charge < -0.3 is 4.42 Å². The van der Waals surface area contributed by atoms with E-state index in [1.807, 2.05) is 12.3 Å². The molecule has 0 N–H and O–H groups in total. The third kappa shape index (κ3) is 4.78. The summed E-state index contributed by atoms with van der Waals surface area (Å²) in [6, 6.07) is 3.62. The Morgan fingerprint density at radius 3 is 2.76 bits per heavy atom. The van der Waals surface area contributed by atoms with Gasteiger partial charge in [-0.05, 0) is 18.4 Å². The zero-order valence-corrected chi connectivity index (χ0v) is 13.7. The summed E-state index contributed by atoms with van der Waals surface area (Å²) in [6.45, 7) is 8.17. The molecule has 1 aromatic heterocycles. The smallest absolute Gasteiger partial charge is 0.185 e. The standard InChI is InChI=1S/C11H13N5OS.C3H8/c1-9-15(13-7-10-5-4-6-17-10)8-14-16(9)11(12-2)18-3;1-3-2/h4-8H,1H2,2-3H3;3H2,1-2H3/b12-11?,13-7+;.